The summed E-state index contributed by atoms with van der Waals surface area (Å²) in [6, 6.07) is 9.87. The predicted octanol–water partition coefficient (Wildman–Crippen LogP) is 3.35. The number of methoxy groups -OCH3 is 1. The first-order valence-corrected chi connectivity index (χ1v) is 10.4. The number of hydrogen-bond donors (Lipinski definition) is 0. The van der Waals surface area contributed by atoms with E-state index in [4.69, 9.17) is 4.74 Å². The lowest BCUT2D eigenvalue weighted by Gasteiger charge is -2.36. The SMILES string of the molecule is COC(=O)c1c(-c2ccc(F)cc2)c(-c2ccncc2)c(N2CCN(C(C)=O)CC2)n1C. The van der Waals surface area contributed by atoms with Gasteiger partial charge >= 0.3 is 5.97 Å². The molecule has 0 bridgehead atoms. The molecule has 1 saturated heterocycles. The van der Waals surface area contributed by atoms with Gasteiger partial charge in [0, 0.05) is 63.7 Å². The zero-order valence-electron chi connectivity index (χ0n) is 18.3. The van der Waals surface area contributed by atoms with E-state index in [-0.39, 0.29) is 11.7 Å². The van der Waals surface area contributed by atoms with Gasteiger partial charge in [0.2, 0.25) is 5.91 Å². The monoisotopic (exact) mass is 436 g/mol. The average Bonchev–Trinajstić information content (AvgIpc) is 3.12. The van der Waals surface area contributed by atoms with Crippen molar-refractivity contribution < 1.29 is 18.7 Å². The molecule has 0 aliphatic carbocycles. The summed E-state index contributed by atoms with van der Waals surface area (Å²) in [4.78, 5) is 32.8. The maximum absolute atomic E-state index is 13.7. The molecule has 4 rings (SSSR count). The van der Waals surface area contributed by atoms with Crippen molar-refractivity contribution in [2.24, 2.45) is 7.05 Å². The fourth-order valence-electron chi connectivity index (χ4n) is 4.30. The van der Waals surface area contributed by atoms with E-state index < -0.39 is 5.97 Å². The number of aromatic nitrogens is 2. The number of benzene rings is 1. The molecule has 7 nitrogen and oxygen atoms in total. The van der Waals surface area contributed by atoms with Crippen LogP contribution in [0.4, 0.5) is 10.2 Å². The Hall–Kier alpha value is -3.68. The van der Waals surface area contributed by atoms with Crippen LogP contribution in [0.15, 0.2) is 48.8 Å². The van der Waals surface area contributed by atoms with Crippen molar-refractivity contribution >= 4 is 17.7 Å². The molecule has 166 valence electrons. The highest BCUT2D eigenvalue weighted by Crippen LogP contribution is 2.44. The highest BCUT2D eigenvalue weighted by Gasteiger charge is 2.32. The van der Waals surface area contributed by atoms with Crippen LogP contribution >= 0.6 is 0 Å². The normalized spacial score (nSPS) is 13.9. The van der Waals surface area contributed by atoms with Crippen LogP contribution in [0.25, 0.3) is 22.3 Å². The highest BCUT2D eigenvalue weighted by atomic mass is 19.1. The van der Waals surface area contributed by atoms with Gasteiger partial charge in [0.25, 0.3) is 0 Å². The van der Waals surface area contributed by atoms with E-state index in [1.165, 1.54) is 19.2 Å². The number of halogens is 1. The standard InChI is InChI=1S/C24H25FN4O3/c1-16(30)28-12-14-29(15-13-28)23-21(18-8-10-26-11-9-18)20(17-4-6-19(25)7-5-17)22(27(23)2)24(31)32-3/h4-11H,12-15H2,1-3H3. The van der Waals surface area contributed by atoms with Crippen LogP contribution < -0.4 is 4.90 Å². The summed E-state index contributed by atoms with van der Waals surface area (Å²) in [5, 5.41) is 0. The first-order valence-electron chi connectivity index (χ1n) is 10.4. The number of piperazine rings is 1. The molecular weight excluding hydrogens is 411 g/mol. The smallest absolute Gasteiger partial charge is 0.355 e. The minimum absolute atomic E-state index is 0.0492. The number of nitrogens with zero attached hydrogens (tertiary/aromatic N) is 4. The van der Waals surface area contributed by atoms with Crippen molar-refractivity contribution in [3.63, 3.8) is 0 Å². The molecule has 0 radical (unpaired) electrons. The number of hydrogen-bond acceptors (Lipinski definition) is 5. The number of rotatable bonds is 4. The second-order valence-electron chi connectivity index (χ2n) is 7.71. The maximum atomic E-state index is 13.7. The lowest BCUT2D eigenvalue weighted by molar-refractivity contribution is -0.129. The molecule has 3 heterocycles. The molecule has 0 saturated carbocycles. The highest BCUT2D eigenvalue weighted by molar-refractivity contribution is 6.05. The quantitative estimate of drug-likeness (QED) is 0.587. The molecule has 1 fully saturated rings. The van der Waals surface area contributed by atoms with E-state index in [1.54, 1.807) is 31.5 Å². The van der Waals surface area contributed by atoms with Gasteiger partial charge in [-0.05, 0) is 35.4 Å². The van der Waals surface area contributed by atoms with Crippen LogP contribution in [0, 0.1) is 5.82 Å². The summed E-state index contributed by atoms with van der Waals surface area (Å²) in [5.74, 6) is 0.0679. The first-order chi connectivity index (χ1) is 15.4. The van der Waals surface area contributed by atoms with Gasteiger partial charge < -0.3 is 19.1 Å². The molecule has 1 aliphatic rings. The van der Waals surface area contributed by atoms with E-state index in [0.29, 0.717) is 43.0 Å². The fraction of sp³-hybridized carbons (Fsp3) is 0.292. The van der Waals surface area contributed by atoms with Crippen molar-refractivity contribution in [2.75, 3.05) is 38.2 Å². The molecule has 0 spiro atoms. The summed E-state index contributed by atoms with van der Waals surface area (Å²) in [5.41, 5.74) is 3.50. The number of carbonyl (C=O) groups excluding carboxylic acids is 2. The fourth-order valence-corrected chi connectivity index (χ4v) is 4.30. The first kappa shape index (κ1) is 21.5. The van der Waals surface area contributed by atoms with E-state index >= 15 is 0 Å². The number of esters is 1. The minimum Gasteiger partial charge on any atom is -0.464 e. The van der Waals surface area contributed by atoms with Gasteiger partial charge in [-0.2, -0.15) is 0 Å². The Kier molecular flexibility index (Phi) is 5.94. The van der Waals surface area contributed by atoms with Crippen molar-refractivity contribution in [1.29, 1.82) is 0 Å². The number of carbonyl (C=O) groups is 2. The average molecular weight is 436 g/mol. The van der Waals surface area contributed by atoms with E-state index in [0.717, 1.165) is 16.9 Å². The van der Waals surface area contributed by atoms with Gasteiger partial charge in [-0.3, -0.25) is 9.78 Å². The zero-order valence-corrected chi connectivity index (χ0v) is 18.3. The molecule has 3 aromatic rings. The van der Waals surface area contributed by atoms with Crippen LogP contribution in [0.5, 0.6) is 0 Å². The third-order valence-electron chi connectivity index (χ3n) is 5.87. The molecule has 0 atom stereocenters. The Morgan fingerprint density at radius 3 is 2.09 bits per heavy atom. The third-order valence-corrected chi connectivity index (χ3v) is 5.87. The molecule has 0 unspecified atom stereocenters. The Bertz CT molecular complexity index is 1130. The van der Waals surface area contributed by atoms with Crippen LogP contribution in [0.3, 0.4) is 0 Å². The van der Waals surface area contributed by atoms with Gasteiger partial charge in [0.1, 0.15) is 17.3 Å². The Balaban J connectivity index is 1.96. The lowest BCUT2D eigenvalue weighted by Crippen LogP contribution is -2.48. The van der Waals surface area contributed by atoms with Crippen molar-refractivity contribution in [3.8, 4) is 22.3 Å². The number of anilines is 1. The molecule has 2 aromatic heterocycles. The number of amides is 1. The van der Waals surface area contributed by atoms with Crippen molar-refractivity contribution in [1.82, 2.24) is 14.5 Å². The summed E-state index contributed by atoms with van der Waals surface area (Å²) >= 11 is 0. The van der Waals surface area contributed by atoms with E-state index in [1.807, 2.05) is 28.6 Å². The van der Waals surface area contributed by atoms with Crippen LogP contribution in [-0.4, -0.2) is 59.6 Å². The second kappa shape index (κ2) is 8.82. The van der Waals surface area contributed by atoms with Crippen LogP contribution in [0.1, 0.15) is 17.4 Å². The molecule has 1 aliphatic heterocycles. The topological polar surface area (TPSA) is 67.7 Å². The third kappa shape index (κ3) is 3.84. The van der Waals surface area contributed by atoms with Crippen molar-refractivity contribution in [2.45, 2.75) is 6.92 Å². The Morgan fingerprint density at radius 2 is 1.53 bits per heavy atom. The summed E-state index contributed by atoms with van der Waals surface area (Å²) in [6.07, 6.45) is 3.40. The summed E-state index contributed by atoms with van der Waals surface area (Å²) in [6.45, 7) is 4.01. The largest absolute Gasteiger partial charge is 0.464 e. The minimum atomic E-state index is -0.476. The van der Waals surface area contributed by atoms with Gasteiger partial charge in [-0.15, -0.1) is 0 Å². The van der Waals surface area contributed by atoms with Gasteiger partial charge in [0.05, 0.1) is 7.11 Å². The maximum Gasteiger partial charge on any atom is 0.355 e. The molecule has 8 heteroatoms. The second-order valence-corrected chi connectivity index (χ2v) is 7.71. The summed E-state index contributed by atoms with van der Waals surface area (Å²) < 4.78 is 20.6. The Morgan fingerprint density at radius 1 is 0.938 bits per heavy atom. The van der Waals surface area contributed by atoms with Crippen molar-refractivity contribution in [3.05, 3.63) is 60.3 Å². The molecule has 1 aromatic carbocycles. The van der Waals surface area contributed by atoms with Crippen LogP contribution in [-0.2, 0) is 16.6 Å². The molecule has 1 amide bonds. The van der Waals surface area contributed by atoms with E-state index in [2.05, 4.69) is 9.88 Å². The Labute approximate surface area is 186 Å². The zero-order chi connectivity index (χ0) is 22.8. The van der Waals surface area contributed by atoms with Crippen LogP contribution in [0.2, 0.25) is 0 Å². The summed E-state index contributed by atoms with van der Waals surface area (Å²) in [7, 11) is 3.18. The molecule has 0 N–H and O–H groups in total. The van der Waals surface area contributed by atoms with Gasteiger partial charge in [-0.1, -0.05) is 12.1 Å². The molecular formula is C24H25FN4O3. The lowest BCUT2D eigenvalue weighted by atomic mass is 9.96. The number of pyridine rings is 1. The van der Waals surface area contributed by atoms with Gasteiger partial charge in [0.15, 0.2) is 0 Å². The predicted molar refractivity (Wildman–Crippen MR) is 120 cm³/mol. The number of ether oxygens (including phenoxy) is 1. The van der Waals surface area contributed by atoms with E-state index in [9.17, 15) is 14.0 Å². The molecule has 32 heavy (non-hydrogen) atoms. The van der Waals surface area contributed by atoms with Gasteiger partial charge in [-0.25, -0.2) is 9.18 Å².